The van der Waals surface area contributed by atoms with Crippen molar-refractivity contribution in [3.8, 4) is 5.75 Å². The molecule has 2 aromatic rings. The highest BCUT2D eigenvalue weighted by atomic mass is 19.4. The topological polar surface area (TPSA) is 92.8 Å². The maximum absolute atomic E-state index is 14.2. The fourth-order valence-electron chi connectivity index (χ4n) is 3.43. The summed E-state index contributed by atoms with van der Waals surface area (Å²) in [6.45, 7) is 7.09. The molecule has 0 radical (unpaired) electrons. The van der Waals surface area contributed by atoms with Gasteiger partial charge in [0.2, 0.25) is 0 Å². The number of H-pyrrole nitrogens is 1. The quantitative estimate of drug-likeness (QED) is 0.596. The van der Waals surface area contributed by atoms with Gasteiger partial charge in [-0.15, -0.1) is 18.3 Å². The van der Waals surface area contributed by atoms with E-state index in [1.54, 1.807) is 31.9 Å². The summed E-state index contributed by atoms with van der Waals surface area (Å²) < 4.78 is 66.3. The van der Waals surface area contributed by atoms with Gasteiger partial charge < -0.3 is 19.1 Å². The van der Waals surface area contributed by atoms with E-state index in [0.717, 1.165) is 12.1 Å². The number of nitrogens with one attached hydrogen (secondary N) is 1. The number of nitrogens with zero attached hydrogens (tertiary/aromatic N) is 4. The zero-order valence-corrected chi connectivity index (χ0v) is 19.1. The average Bonchev–Trinajstić information content (AvgIpc) is 3.22. The Balaban J connectivity index is 1.68. The van der Waals surface area contributed by atoms with E-state index in [1.807, 2.05) is 4.90 Å². The van der Waals surface area contributed by atoms with Crippen molar-refractivity contribution in [3.63, 3.8) is 0 Å². The van der Waals surface area contributed by atoms with E-state index < -0.39 is 29.6 Å². The lowest BCUT2D eigenvalue weighted by atomic mass is 10.1. The summed E-state index contributed by atoms with van der Waals surface area (Å²) in [6, 6.07) is 3.06. The fourth-order valence-corrected chi connectivity index (χ4v) is 3.43. The highest BCUT2D eigenvalue weighted by Gasteiger charge is 2.34. The van der Waals surface area contributed by atoms with Gasteiger partial charge in [-0.25, -0.2) is 9.18 Å². The maximum Gasteiger partial charge on any atom is 0.573 e. The standard InChI is InChI=1S/C21H27F4N5O4/c1-20(2,3)34-19(31)30-7-6-29(16(11-30)13-32-12-15-9-26-28-27-15)10-14-4-5-18(17(22)8-14)33-21(23,24)25/h4-5,8-9,16H,6-7,10-13H2,1-3H3,(H,26,27,28)/t16-/m1/s1. The first-order valence-electron chi connectivity index (χ1n) is 10.6. The molecule has 0 bridgehead atoms. The second-order valence-electron chi connectivity index (χ2n) is 8.84. The van der Waals surface area contributed by atoms with Crippen LogP contribution in [0.15, 0.2) is 24.4 Å². The molecule has 13 heteroatoms. The summed E-state index contributed by atoms with van der Waals surface area (Å²) in [5.74, 6) is -2.00. The predicted octanol–water partition coefficient (Wildman–Crippen LogP) is 3.48. The molecule has 1 amide bonds. The van der Waals surface area contributed by atoms with Crippen molar-refractivity contribution >= 4 is 6.09 Å². The summed E-state index contributed by atoms with van der Waals surface area (Å²) >= 11 is 0. The smallest absolute Gasteiger partial charge is 0.444 e. The minimum absolute atomic E-state index is 0.200. The molecule has 1 aliphatic rings. The maximum atomic E-state index is 14.2. The first kappa shape index (κ1) is 25.7. The molecule has 1 aromatic carbocycles. The lowest BCUT2D eigenvalue weighted by molar-refractivity contribution is -0.275. The zero-order chi connectivity index (χ0) is 24.9. The number of hydrogen-bond acceptors (Lipinski definition) is 7. The van der Waals surface area contributed by atoms with Gasteiger partial charge >= 0.3 is 12.5 Å². The van der Waals surface area contributed by atoms with E-state index in [2.05, 4.69) is 20.1 Å². The van der Waals surface area contributed by atoms with Crippen molar-refractivity contribution in [2.75, 3.05) is 26.2 Å². The van der Waals surface area contributed by atoms with Crippen LogP contribution in [-0.4, -0.2) is 75.6 Å². The van der Waals surface area contributed by atoms with Crippen LogP contribution >= 0.6 is 0 Å². The van der Waals surface area contributed by atoms with E-state index in [0.29, 0.717) is 30.9 Å². The molecule has 0 spiro atoms. The van der Waals surface area contributed by atoms with E-state index in [1.165, 1.54) is 6.07 Å². The number of rotatable bonds is 7. The van der Waals surface area contributed by atoms with E-state index >= 15 is 0 Å². The van der Waals surface area contributed by atoms with Crippen LogP contribution in [0.1, 0.15) is 32.0 Å². The fraction of sp³-hybridized carbons (Fsp3) is 0.571. The Morgan fingerprint density at radius 1 is 1.24 bits per heavy atom. The molecule has 1 saturated heterocycles. The zero-order valence-electron chi connectivity index (χ0n) is 19.1. The molecular weight excluding hydrogens is 462 g/mol. The number of benzene rings is 1. The minimum atomic E-state index is -4.98. The molecule has 1 N–H and O–H groups in total. The number of aromatic amines is 1. The van der Waals surface area contributed by atoms with Crippen molar-refractivity contribution < 1.29 is 36.6 Å². The molecule has 0 aliphatic carbocycles. The number of hydrogen-bond donors (Lipinski definition) is 1. The molecule has 3 rings (SSSR count). The van der Waals surface area contributed by atoms with Crippen LogP contribution in [0, 0.1) is 5.82 Å². The minimum Gasteiger partial charge on any atom is -0.444 e. The summed E-state index contributed by atoms with van der Waals surface area (Å²) in [5.41, 5.74) is 0.415. The number of amides is 1. The van der Waals surface area contributed by atoms with Crippen LogP contribution in [-0.2, 0) is 22.6 Å². The third-order valence-electron chi connectivity index (χ3n) is 4.89. The van der Waals surface area contributed by atoms with Crippen LogP contribution < -0.4 is 4.74 Å². The summed E-state index contributed by atoms with van der Waals surface area (Å²) in [7, 11) is 0. The van der Waals surface area contributed by atoms with E-state index in [-0.39, 0.29) is 25.8 Å². The van der Waals surface area contributed by atoms with Gasteiger partial charge in [0.25, 0.3) is 0 Å². The van der Waals surface area contributed by atoms with Crippen LogP contribution in [0.4, 0.5) is 22.4 Å². The van der Waals surface area contributed by atoms with Gasteiger partial charge in [-0.2, -0.15) is 0 Å². The van der Waals surface area contributed by atoms with Crippen molar-refractivity contribution in [3.05, 3.63) is 41.5 Å². The molecular formula is C21H27F4N5O4. The summed E-state index contributed by atoms with van der Waals surface area (Å²) in [5, 5.41) is 10.1. The van der Waals surface area contributed by atoms with Crippen molar-refractivity contribution in [2.24, 2.45) is 0 Å². The lowest BCUT2D eigenvalue weighted by Gasteiger charge is -2.41. The van der Waals surface area contributed by atoms with Crippen LogP contribution in [0.5, 0.6) is 5.75 Å². The Bertz CT molecular complexity index is 950. The first-order chi connectivity index (χ1) is 15.9. The van der Waals surface area contributed by atoms with Gasteiger partial charge in [-0.1, -0.05) is 11.3 Å². The highest BCUT2D eigenvalue weighted by molar-refractivity contribution is 5.68. The average molecular weight is 489 g/mol. The Morgan fingerprint density at radius 2 is 2.00 bits per heavy atom. The Morgan fingerprint density at radius 3 is 2.62 bits per heavy atom. The predicted molar refractivity (Wildman–Crippen MR) is 111 cm³/mol. The van der Waals surface area contributed by atoms with Gasteiger partial charge in [-0.05, 0) is 38.5 Å². The van der Waals surface area contributed by atoms with Gasteiger partial charge in [0.15, 0.2) is 11.6 Å². The molecule has 0 unspecified atom stereocenters. The molecule has 188 valence electrons. The van der Waals surface area contributed by atoms with E-state index in [9.17, 15) is 22.4 Å². The lowest BCUT2D eigenvalue weighted by Crippen LogP contribution is -2.56. The van der Waals surface area contributed by atoms with Crippen LogP contribution in [0.3, 0.4) is 0 Å². The molecule has 2 heterocycles. The van der Waals surface area contributed by atoms with Gasteiger partial charge in [0.1, 0.15) is 11.3 Å². The number of halogens is 4. The highest BCUT2D eigenvalue weighted by Crippen LogP contribution is 2.27. The van der Waals surface area contributed by atoms with Crippen molar-refractivity contribution in [2.45, 2.75) is 51.9 Å². The monoisotopic (exact) mass is 489 g/mol. The molecule has 1 atom stereocenters. The number of carbonyl (C=O) groups is 1. The normalized spacial score (nSPS) is 17.6. The SMILES string of the molecule is CC(C)(C)OC(=O)N1CCN(Cc2ccc(OC(F)(F)F)c(F)c2)[C@@H](COCc2c[nH]nn2)C1. The van der Waals surface area contributed by atoms with Gasteiger partial charge in [0.05, 0.1) is 19.3 Å². The third-order valence-corrected chi connectivity index (χ3v) is 4.89. The molecule has 1 fully saturated rings. The van der Waals surface area contributed by atoms with Crippen LogP contribution in [0.25, 0.3) is 0 Å². The molecule has 9 nitrogen and oxygen atoms in total. The number of aromatic nitrogens is 3. The number of ether oxygens (including phenoxy) is 3. The summed E-state index contributed by atoms with van der Waals surface area (Å²) in [4.78, 5) is 16.1. The van der Waals surface area contributed by atoms with Crippen molar-refractivity contribution in [1.29, 1.82) is 0 Å². The number of alkyl halides is 3. The Labute approximate surface area is 193 Å². The second kappa shape index (κ2) is 10.6. The van der Waals surface area contributed by atoms with Crippen LogP contribution in [0.2, 0.25) is 0 Å². The third kappa shape index (κ3) is 7.83. The number of carbonyl (C=O) groups excluding carboxylic acids is 1. The molecule has 1 aliphatic heterocycles. The number of piperazine rings is 1. The summed E-state index contributed by atoms with van der Waals surface area (Å²) in [6.07, 6.45) is -3.83. The van der Waals surface area contributed by atoms with Gasteiger partial charge in [-0.3, -0.25) is 10.00 Å². The largest absolute Gasteiger partial charge is 0.573 e. The van der Waals surface area contributed by atoms with Gasteiger partial charge in [0, 0.05) is 32.4 Å². The molecule has 34 heavy (non-hydrogen) atoms. The van der Waals surface area contributed by atoms with E-state index in [4.69, 9.17) is 9.47 Å². The Kier molecular flexibility index (Phi) is 7.97. The second-order valence-corrected chi connectivity index (χ2v) is 8.84. The molecule has 0 saturated carbocycles. The Hall–Kier alpha value is -2.93. The first-order valence-corrected chi connectivity index (χ1v) is 10.6. The van der Waals surface area contributed by atoms with Crippen molar-refractivity contribution in [1.82, 2.24) is 25.2 Å². The molecule has 1 aromatic heterocycles.